The van der Waals surface area contributed by atoms with Gasteiger partial charge < -0.3 is 4.74 Å². The van der Waals surface area contributed by atoms with E-state index in [0.717, 1.165) is 0 Å². The van der Waals surface area contributed by atoms with Gasteiger partial charge in [-0.3, -0.25) is 9.05 Å². The molecule has 1 heterocycles. The van der Waals surface area contributed by atoms with Crippen LogP contribution in [-0.2, 0) is 18.3 Å². The second-order valence-electron chi connectivity index (χ2n) is 2.89. The van der Waals surface area contributed by atoms with Gasteiger partial charge in [-0.1, -0.05) is 0 Å². The van der Waals surface area contributed by atoms with Crippen molar-refractivity contribution in [2.24, 2.45) is 0 Å². The molecule has 1 saturated heterocycles. The highest BCUT2D eigenvalue weighted by atomic mass is 35.5. The van der Waals surface area contributed by atoms with Crippen molar-refractivity contribution in [2.75, 3.05) is 39.3 Å². The largest absolute Gasteiger partial charge is 0.410 e. The van der Waals surface area contributed by atoms with Crippen LogP contribution in [0.1, 0.15) is 0 Å². The molecule has 1 aliphatic rings. The Morgan fingerprint density at radius 1 is 1.60 bits per heavy atom. The van der Waals surface area contributed by atoms with Gasteiger partial charge in [0, 0.05) is 20.2 Å². The third-order valence-corrected chi connectivity index (χ3v) is 4.23. The Kier molecular flexibility index (Phi) is 5.46. The number of nitrogens with zero attached hydrogens (tertiary/aromatic N) is 1. The molecule has 2 atom stereocenters. The van der Waals surface area contributed by atoms with Crippen molar-refractivity contribution in [1.29, 1.82) is 0 Å². The van der Waals surface area contributed by atoms with Crippen molar-refractivity contribution in [3.05, 3.63) is 0 Å². The second-order valence-corrected chi connectivity index (χ2v) is 5.27. The van der Waals surface area contributed by atoms with Crippen LogP contribution in [0.4, 0.5) is 4.39 Å². The lowest BCUT2D eigenvalue weighted by Gasteiger charge is -2.32. The fourth-order valence-corrected chi connectivity index (χ4v) is 2.81. The average Bonchev–Trinajstić information content (AvgIpc) is 2.30. The summed E-state index contributed by atoms with van der Waals surface area (Å²) in [7, 11) is -2.33. The summed E-state index contributed by atoms with van der Waals surface area (Å²) in [6.45, 7) is 1.63. The SMILES string of the molecule is COP(=O)(OC(F)CCl)N1CCOCC1. The van der Waals surface area contributed by atoms with Gasteiger partial charge in [-0.05, 0) is 0 Å². The zero-order valence-electron chi connectivity index (χ0n) is 8.40. The van der Waals surface area contributed by atoms with Crippen LogP contribution in [0.15, 0.2) is 0 Å². The van der Waals surface area contributed by atoms with Crippen molar-refractivity contribution in [2.45, 2.75) is 6.36 Å². The van der Waals surface area contributed by atoms with Gasteiger partial charge in [0.1, 0.15) is 0 Å². The van der Waals surface area contributed by atoms with Gasteiger partial charge >= 0.3 is 7.75 Å². The second kappa shape index (κ2) is 6.13. The zero-order chi connectivity index (χ0) is 11.3. The van der Waals surface area contributed by atoms with E-state index < -0.39 is 14.1 Å². The lowest BCUT2D eigenvalue weighted by Crippen LogP contribution is -2.35. The summed E-state index contributed by atoms with van der Waals surface area (Å²) in [5.41, 5.74) is 0. The molecule has 0 N–H and O–H groups in total. The number of alkyl halides is 2. The maximum atomic E-state index is 12.9. The predicted octanol–water partition coefficient (Wildman–Crippen LogP) is 1.62. The molecule has 0 aromatic rings. The summed E-state index contributed by atoms with van der Waals surface area (Å²) >= 11 is 5.23. The van der Waals surface area contributed by atoms with Crippen molar-refractivity contribution in [3.8, 4) is 0 Å². The molecule has 0 bridgehead atoms. The molecule has 8 heteroatoms. The molecule has 1 aliphatic heterocycles. The van der Waals surface area contributed by atoms with Crippen LogP contribution in [0.5, 0.6) is 0 Å². The number of halogens is 2. The Hall–Kier alpha value is 0.290. The molecule has 0 aromatic carbocycles. The molecule has 0 aromatic heterocycles. The normalized spacial score (nSPS) is 24.7. The van der Waals surface area contributed by atoms with E-state index in [1.807, 2.05) is 0 Å². The van der Waals surface area contributed by atoms with E-state index in [9.17, 15) is 8.96 Å². The van der Waals surface area contributed by atoms with Crippen molar-refractivity contribution in [1.82, 2.24) is 4.67 Å². The maximum absolute atomic E-state index is 12.9. The van der Waals surface area contributed by atoms with Gasteiger partial charge in [0.05, 0.1) is 19.1 Å². The Morgan fingerprint density at radius 3 is 2.67 bits per heavy atom. The van der Waals surface area contributed by atoms with Gasteiger partial charge in [0.2, 0.25) is 6.36 Å². The summed E-state index contributed by atoms with van der Waals surface area (Å²) in [6, 6.07) is 0. The average molecular weight is 262 g/mol. The van der Waals surface area contributed by atoms with E-state index in [1.165, 1.54) is 11.8 Å². The topological polar surface area (TPSA) is 48.0 Å². The summed E-state index contributed by atoms with van der Waals surface area (Å²) in [4.78, 5) is 0. The molecule has 5 nitrogen and oxygen atoms in total. The van der Waals surface area contributed by atoms with Crippen LogP contribution in [0.2, 0.25) is 0 Å². The minimum Gasteiger partial charge on any atom is -0.379 e. The van der Waals surface area contributed by atoms with Crippen LogP contribution in [0.3, 0.4) is 0 Å². The monoisotopic (exact) mass is 261 g/mol. The molecule has 0 aliphatic carbocycles. The number of hydrogen-bond acceptors (Lipinski definition) is 4. The quantitative estimate of drug-likeness (QED) is 0.556. The minimum absolute atomic E-state index is 0.377. The summed E-state index contributed by atoms with van der Waals surface area (Å²) in [5.74, 6) is -0.377. The summed E-state index contributed by atoms with van der Waals surface area (Å²) < 4.78 is 40.9. The van der Waals surface area contributed by atoms with Gasteiger partial charge in [-0.15, -0.1) is 11.6 Å². The van der Waals surface area contributed by atoms with Crippen LogP contribution in [0, 0.1) is 0 Å². The highest BCUT2D eigenvalue weighted by Crippen LogP contribution is 2.52. The first-order valence-corrected chi connectivity index (χ1v) is 6.53. The molecule has 0 spiro atoms. The lowest BCUT2D eigenvalue weighted by atomic mass is 10.5. The fourth-order valence-electron chi connectivity index (χ4n) is 1.20. The standard InChI is InChI=1S/C7H14ClFNO4P/c1-12-15(11,14-7(9)6-8)10-2-4-13-5-3-10/h7H,2-6H2,1H3. The Balaban J connectivity index is 2.61. The third kappa shape index (κ3) is 3.66. The fraction of sp³-hybridized carbons (Fsp3) is 1.00. The first-order chi connectivity index (χ1) is 7.12. The molecule has 0 radical (unpaired) electrons. The third-order valence-electron chi connectivity index (χ3n) is 1.93. The highest BCUT2D eigenvalue weighted by Gasteiger charge is 2.36. The molecule has 1 rings (SSSR count). The van der Waals surface area contributed by atoms with E-state index in [-0.39, 0.29) is 5.88 Å². The predicted molar refractivity (Wildman–Crippen MR) is 53.7 cm³/mol. The Bertz CT molecular complexity index is 239. The summed E-state index contributed by atoms with van der Waals surface area (Å²) in [5, 5.41) is 0. The van der Waals surface area contributed by atoms with E-state index >= 15 is 0 Å². The van der Waals surface area contributed by atoms with E-state index in [1.54, 1.807) is 0 Å². The van der Waals surface area contributed by atoms with Gasteiger partial charge in [0.15, 0.2) is 0 Å². The number of ether oxygens (including phenoxy) is 1. The lowest BCUT2D eigenvalue weighted by molar-refractivity contribution is 0.0218. The van der Waals surface area contributed by atoms with E-state index in [0.29, 0.717) is 26.3 Å². The van der Waals surface area contributed by atoms with Crippen LogP contribution in [-0.4, -0.2) is 50.3 Å². The van der Waals surface area contributed by atoms with Gasteiger partial charge in [-0.25, -0.2) is 13.6 Å². The Labute approximate surface area is 93.0 Å². The number of rotatable bonds is 5. The summed E-state index contributed by atoms with van der Waals surface area (Å²) in [6.07, 6.45) is -1.79. The van der Waals surface area contributed by atoms with Crippen LogP contribution < -0.4 is 0 Å². The molecule has 1 fully saturated rings. The first-order valence-electron chi connectivity index (χ1n) is 4.50. The maximum Gasteiger partial charge on any atom is 0.410 e. The van der Waals surface area contributed by atoms with E-state index in [4.69, 9.17) is 20.9 Å². The Morgan fingerprint density at radius 2 is 2.20 bits per heavy atom. The van der Waals surface area contributed by atoms with Crippen molar-refractivity contribution in [3.63, 3.8) is 0 Å². The van der Waals surface area contributed by atoms with Crippen molar-refractivity contribution >= 4 is 19.3 Å². The minimum atomic E-state index is -3.55. The molecule has 90 valence electrons. The molecule has 0 saturated carbocycles. The van der Waals surface area contributed by atoms with Gasteiger partial charge in [-0.2, -0.15) is 0 Å². The van der Waals surface area contributed by atoms with E-state index in [2.05, 4.69) is 4.52 Å². The van der Waals surface area contributed by atoms with Crippen molar-refractivity contribution < 1.29 is 22.7 Å². The molecule has 15 heavy (non-hydrogen) atoms. The molecule has 0 amide bonds. The van der Waals surface area contributed by atoms with Crippen LogP contribution in [0.25, 0.3) is 0 Å². The van der Waals surface area contributed by atoms with Gasteiger partial charge in [0.25, 0.3) is 0 Å². The van der Waals surface area contributed by atoms with Crippen LogP contribution >= 0.6 is 19.3 Å². The molecular weight excluding hydrogens is 248 g/mol. The zero-order valence-corrected chi connectivity index (χ0v) is 10.0. The first kappa shape index (κ1) is 13.4. The number of hydrogen-bond donors (Lipinski definition) is 0. The number of morpholine rings is 1. The molecule has 2 unspecified atom stereocenters. The highest BCUT2D eigenvalue weighted by molar-refractivity contribution is 7.51. The molecular formula is C7H14ClFNO4P. The smallest absolute Gasteiger partial charge is 0.379 e.